The molecule has 0 bridgehead atoms. The summed E-state index contributed by atoms with van der Waals surface area (Å²) in [5, 5.41) is 2.80. The molecule has 0 atom stereocenters. The van der Waals surface area contributed by atoms with Crippen molar-refractivity contribution in [3.8, 4) is 5.75 Å². The number of carbonyl (C=O) groups is 1. The van der Waals surface area contributed by atoms with E-state index in [9.17, 15) is 4.79 Å². The van der Waals surface area contributed by atoms with Gasteiger partial charge in [0.2, 0.25) is 0 Å². The molecule has 0 aliphatic carbocycles. The fraction of sp³-hybridized carbons (Fsp3) is 0.154. The topological polar surface area (TPSA) is 64.3 Å². The van der Waals surface area contributed by atoms with Crippen molar-refractivity contribution >= 4 is 54.8 Å². The summed E-state index contributed by atoms with van der Waals surface area (Å²) in [5.74, 6) is 0.582. The maximum absolute atomic E-state index is 11.9. The molecular weight excluding hydrogens is 408 g/mol. The zero-order chi connectivity index (χ0) is 14.5. The Morgan fingerprint density at radius 3 is 2.80 bits per heavy atom. The molecule has 7 heteroatoms. The second-order valence-corrected chi connectivity index (χ2v) is 7.13. The van der Waals surface area contributed by atoms with Gasteiger partial charge in [-0.15, -0.1) is 11.3 Å². The van der Waals surface area contributed by atoms with Crippen LogP contribution in [0.1, 0.15) is 9.67 Å². The average molecular weight is 420 g/mol. The van der Waals surface area contributed by atoms with Crippen molar-refractivity contribution in [3.05, 3.63) is 43.5 Å². The van der Waals surface area contributed by atoms with Gasteiger partial charge in [-0.05, 0) is 50.1 Å². The van der Waals surface area contributed by atoms with Crippen molar-refractivity contribution in [2.75, 3.05) is 18.9 Å². The van der Waals surface area contributed by atoms with Crippen LogP contribution in [-0.2, 0) is 0 Å². The number of rotatable bonds is 5. The molecule has 1 heterocycles. The fourth-order valence-corrected chi connectivity index (χ4v) is 3.44. The number of nitrogens with one attached hydrogen (secondary N) is 1. The summed E-state index contributed by atoms with van der Waals surface area (Å²) in [4.78, 5) is 12.5. The van der Waals surface area contributed by atoms with E-state index in [0.717, 1.165) is 8.26 Å². The Kier molecular flexibility index (Phi) is 5.45. The van der Waals surface area contributed by atoms with Crippen LogP contribution in [0.2, 0.25) is 0 Å². The molecule has 4 nitrogen and oxygen atoms in total. The van der Waals surface area contributed by atoms with Crippen molar-refractivity contribution in [1.82, 2.24) is 5.32 Å². The van der Waals surface area contributed by atoms with E-state index < -0.39 is 0 Å². The number of ether oxygens (including phenoxy) is 1. The Labute approximate surface area is 137 Å². The molecule has 0 saturated heterocycles. The molecule has 20 heavy (non-hydrogen) atoms. The number of benzene rings is 1. The number of hydrogen-bond acceptors (Lipinski definition) is 4. The van der Waals surface area contributed by atoms with Crippen LogP contribution in [0.15, 0.2) is 38.6 Å². The second-order valence-electron chi connectivity index (χ2n) is 3.91. The highest BCUT2D eigenvalue weighted by Gasteiger charge is 2.11. The molecular formula is C13H12Br2N2O2S. The molecule has 1 amide bonds. The van der Waals surface area contributed by atoms with Gasteiger partial charge in [-0.3, -0.25) is 4.79 Å². The van der Waals surface area contributed by atoms with Crippen molar-refractivity contribution in [3.63, 3.8) is 0 Å². The highest BCUT2D eigenvalue weighted by molar-refractivity contribution is 9.13. The standard InChI is InChI=1S/C13H12Br2N2O2S/c14-10-7-11(20-12(10)15)13(18)17-4-5-19-9-3-1-2-8(16)6-9/h1-3,6-7H,4-5,16H2,(H,17,18). The van der Waals surface area contributed by atoms with Crippen molar-refractivity contribution in [2.24, 2.45) is 0 Å². The van der Waals surface area contributed by atoms with Gasteiger partial charge >= 0.3 is 0 Å². The molecule has 3 N–H and O–H groups in total. The van der Waals surface area contributed by atoms with Crippen LogP contribution in [0.5, 0.6) is 5.75 Å². The van der Waals surface area contributed by atoms with Gasteiger partial charge < -0.3 is 15.8 Å². The Morgan fingerprint density at radius 1 is 1.35 bits per heavy atom. The summed E-state index contributed by atoms with van der Waals surface area (Å²) in [7, 11) is 0. The van der Waals surface area contributed by atoms with Gasteiger partial charge in [0.25, 0.3) is 5.91 Å². The molecule has 2 rings (SSSR count). The third-order valence-electron chi connectivity index (χ3n) is 2.38. The maximum atomic E-state index is 11.9. The van der Waals surface area contributed by atoms with E-state index in [4.69, 9.17) is 10.5 Å². The summed E-state index contributed by atoms with van der Waals surface area (Å²) >= 11 is 8.09. The SMILES string of the molecule is Nc1cccc(OCCNC(=O)c2cc(Br)c(Br)s2)c1. The lowest BCUT2D eigenvalue weighted by molar-refractivity contribution is 0.0951. The highest BCUT2D eigenvalue weighted by Crippen LogP contribution is 2.32. The minimum atomic E-state index is -0.113. The smallest absolute Gasteiger partial charge is 0.261 e. The van der Waals surface area contributed by atoms with E-state index in [1.807, 2.05) is 12.1 Å². The molecule has 1 aromatic heterocycles. The van der Waals surface area contributed by atoms with Gasteiger partial charge in [0.15, 0.2) is 0 Å². The summed E-state index contributed by atoms with van der Waals surface area (Å²) in [6.45, 7) is 0.823. The normalized spacial score (nSPS) is 10.3. The predicted octanol–water partition coefficient (Wildman–Crippen LogP) is 3.66. The Hall–Kier alpha value is -1.05. The first-order valence-electron chi connectivity index (χ1n) is 5.77. The van der Waals surface area contributed by atoms with Crippen LogP contribution in [0, 0.1) is 0 Å². The third-order valence-corrected chi connectivity index (χ3v) is 5.64. The number of amides is 1. The third kappa shape index (κ3) is 4.22. The molecule has 2 aromatic rings. The monoisotopic (exact) mass is 418 g/mol. The minimum Gasteiger partial charge on any atom is -0.492 e. The second kappa shape index (κ2) is 7.10. The zero-order valence-electron chi connectivity index (χ0n) is 10.4. The van der Waals surface area contributed by atoms with Gasteiger partial charge in [-0.1, -0.05) is 6.07 Å². The molecule has 1 aromatic carbocycles. The van der Waals surface area contributed by atoms with Gasteiger partial charge in [0.05, 0.1) is 15.2 Å². The van der Waals surface area contributed by atoms with Crippen molar-refractivity contribution in [2.45, 2.75) is 0 Å². The molecule has 0 radical (unpaired) electrons. The molecule has 0 fully saturated rings. The molecule has 0 spiro atoms. The Morgan fingerprint density at radius 2 is 2.15 bits per heavy atom. The highest BCUT2D eigenvalue weighted by atomic mass is 79.9. The van der Waals surface area contributed by atoms with Crippen LogP contribution < -0.4 is 15.8 Å². The fourth-order valence-electron chi connectivity index (χ4n) is 1.48. The molecule has 0 aliphatic rings. The first-order chi connectivity index (χ1) is 9.56. The Bertz CT molecular complexity index is 597. The van der Waals surface area contributed by atoms with Crippen LogP contribution in [-0.4, -0.2) is 19.1 Å². The molecule has 0 aliphatic heterocycles. The van der Waals surface area contributed by atoms with E-state index in [2.05, 4.69) is 37.2 Å². The van der Waals surface area contributed by atoms with Crippen LogP contribution in [0.3, 0.4) is 0 Å². The average Bonchev–Trinajstić information content (AvgIpc) is 2.75. The zero-order valence-corrected chi connectivity index (χ0v) is 14.3. The van der Waals surface area contributed by atoms with Gasteiger partial charge in [0, 0.05) is 16.2 Å². The van der Waals surface area contributed by atoms with Gasteiger partial charge in [-0.2, -0.15) is 0 Å². The lowest BCUT2D eigenvalue weighted by Crippen LogP contribution is -2.27. The van der Waals surface area contributed by atoms with E-state index in [0.29, 0.717) is 29.5 Å². The first kappa shape index (κ1) is 15.3. The van der Waals surface area contributed by atoms with Crippen molar-refractivity contribution in [1.29, 1.82) is 0 Å². The lowest BCUT2D eigenvalue weighted by atomic mass is 10.3. The number of nitrogens with two attached hydrogens (primary N) is 1. The van der Waals surface area contributed by atoms with Crippen LogP contribution in [0.25, 0.3) is 0 Å². The number of thiophene rings is 1. The number of nitrogen functional groups attached to an aromatic ring is 1. The van der Waals surface area contributed by atoms with Gasteiger partial charge in [-0.25, -0.2) is 0 Å². The van der Waals surface area contributed by atoms with E-state index in [-0.39, 0.29) is 5.91 Å². The Balaban J connectivity index is 1.77. The van der Waals surface area contributed by atoms with E-state index in [1.165, 1.54) is 11.3 Å². The maximum Gasteiger partial charge on any atom is 0.261 e. The summed E-state index contributed by atoms with van der Waals surface area (Å²) in [5.41, 5.74) is 6.30. The number of anilines is 1. The van der Waals surface area contributed by atoms with Crippen molar-refractivity contribution < 1.29 is 9.53 Å². The van der Waals surface area contributed by atoms with Crippen LogP contribution in [0.4, 0.5) is 5.69 Å². The quantitative estimate of drug-likeness (QED) is 0.574. The first-order valence-corrected chi connectivity index (χ1v) is 8.18. The van der Waals surface area contributed by atoms with E-state index >= 15 is 0 Å². The number of halogens is 2. The minimum absolute atomic E-state index is 0.113. The number of carbonyl (C=O) groups excluding carboxylic acids is 1. The summed E-state index contributed by atoms with van der Waals surface area (Å²) in [6.07, 6.45) is 0. The summed E-state index contributed by atoms with van der Waals surface area (Å²) < 4.78 is 7.27. The molecule has 0 saturated carbocycles. The summed E-state index contributed by atoms with van der Waals surface area (Å²) in [6, 6.07) is 8.97. The largest absolute Gasteiger partial charge is 0.492 e. The number of hydrogen-bond donors (Lipinski definition) is 2. The lowest BCUT2D eigenvalue weighted by Gasteiger charge is -2.07. The molecule has 106 valence electrons. The van der Waals surface area contributed by atoms with Crippen LogP contribution >= 0.6 is 43.2 Å². The van der Waals surface area contributed by atoms with Gasteiger partial charge in [0.1, 0.15) is 12.4 Å². The molecule has 0 unspecified atom stereocenters. The predicted molar refractivity (Wildman–Crippen MR) is 88.4 cm³/mol. The van der Waals surface area contributed by atoms with E-state index in [1.54, 1.807) is 18.2 Å².